The third kappa shape index (κ3) is 4.26. The topological polar surface area (TPSA) is 32.3 Å². The summed E-state index contributed by atoms with van der Waals surface area (Å²) in [4.78, 5) is 0. The Balaban J connectivity index is 1.95. The molecule has 2 nitrogen and oxygen atoms in total. The van der Waals surface area contributed by atoms with Crippen molar-refractivity contribution >= 4 is 11.6 Å². The summed E-state index contributed by atoms with van der Waals surface area (Å²) in [7, 11) is 0. The molecule has 106 valence electrons. The summed E-state index contributed by atoms with van der Waals surface area (Å²) < 4.78 is 0. The molecular formula is C17H20ClNO. The van der Waals surface area contributed by atoms with Gasteiger partial charge in [0.25, 0.3) is 0 Å². The van der Waals surface area contributed by atoms with Crippen LogP contribution in [0.3, 0.4) is 0 Å². The number of rotatable bonds is 5. The highest BCUT2D eigenvalue weighted by Gasteiger charge is 2.10. The van der Waals surface area contributed by atoms with Gasteiger partial charge >= 0.3 is 0 Å². The molecule has 2 aromatic carbocycles. The van der Waals surface area contributed by atoms with Crippen molar-refractivity contribution in [3.8, 4) is 5.75 Å². The zero-order valence-electron chi connectivity index (χ0n) is 11.8. The number of nitrogens with one attached hydrogen (secondary N) is 1. The maximum atomic E-state index is 9.52. The van der Waals surface area contributed by atoms with Gasteiger partial charge in [-0.15, -0.1) is 0 Å². The molecule has 0 aliphatic carbocycles. The van der Waals surface area contributed by atoms with Gasteiger partial charge in [-0.05, 0) is 55.7 Å². The van der Waals surface area contributed by atoms with E-state index in [9.17, 15) is 5.11 Å². The average Bonchev–Trinajstić information content (AvgIpc) is 2.38. The van der Waals surface area contributed by atoms with E-state index in [4.69, 9.17) is 11.6 Å². The molecule has 3 heteroatoms. The van der Waals surface area contributed by atoms with Crippen molar-refractivity contribution in [1.82, 2.24) is 5.32 Å². The maximum Gasteiger partial charge on any atom is 0.115 e. The Bertz CT molecular complexity index is 570. The first-order valence-electron chi connectivity index (χ1n) is 6.84. The fourth-order valence-corrected chi connectivity index (χ4v) is 2.61. The SMILES string of the molecule is CC(Cc1cccc(Cl)c1)NC(C)c1cccc(O)c1. The van der Waals surface area contributed by atoms with Crippen molar-refractivity contribution in [2.45, 2.75) is 32.4 Å². The van der Waals surface area contributed by atoms with E-state index in [0.29, 0.717) is 11.8 Å². The molecular weight excluding hydrogens is 270 g/mol. The molecule has 20 heavy (non-hydrogen) atoms. The van der Waals surface area contributed by atoms with Crippen LogP contribution in [0.5, 0.6) is 5.75 Å². The molecule has 0 spiro atoms. The fourth-order valence-electron chi connectivity index (χ4n) is 2.39. The second kappa shape index (κ2) is 6.78. The molecule has 2 atom stereocenters. The summed E-state index contributed by atoms with van der Waals surface area (Å²) in [6.45, 7) is 4.25. The first kappa shape index (κ1) is 14.9. The predicted octanol–water partition coefficient (Wildman–Crippen LogP) is 4.33. The second-order valence-corrected chi connectivity index (χ2v) is 5.65. The van der Waals surface area contributed by atoms with Gasteiger partial charge < -0.3 is 10.4 Å². The van der Waals surface area contributed by atoms with Gasteiger partial charge in [-0.1, -0.05) is 35.9 Å². The highest BCUT2D eigenvalue weighted by atomic mass is 35.5. The molecule has 0 saturated heterocycles. The largest absolute Gasteiger partial charge is 0.508 e. The van der Waals surface area contributed by atoms with Crippen LogP contribution >= 0.6 is 11.6 Å². The lowest BCUT2D eigenvalue weighted by Crippen LogP contribution is -2.30. The lowest BCUT2D eigenvalue weighted by atomic mass is 10.0. The highest BCUT2D eigenvalue weighted by Crippen LogP contribution is 2.19. The Hall–Kier alpha value is -1.51. The third-order valence-corrected chi connectivity index (χ3v) is 3.57. The predicted molar refractivity (Wildman–Crippen MR) is 84.3 cm³/mol. The van der Waals surface area contributed by atoms with Crippen molar-refractivity contribution < 1.29 is 5.11 Å². The average molecular weight is 290 g/mol. The molecule has 2 aromatic rings. The normalized spacial score (nSPS) is 13.9. The number of hydrogen-bond donors (Lipinski definition) is 2. The summed E-state index contributed by atoms with van der Waals surface area (Å²) in [5, 5.41) is 13.8. The molecule has 0 aliphatic heterocycles. The van der Waals surface area contributed by atoms with Crippen LogP contribution in [-0.2, 0) is 6.42 Å². The number of hydrogen-bond acceptors (Lipinski definition) is 2. The van der Waals surface area contributed by atoms with Gasteiger partial charge in [0.15, 0.2) is 0 Å². The van der Waals surface area contributed by atoms with Crippen LogP contribution < -0.4 is 5.32 Å². The molecule has 0 heterocycles. The summed E-state index contributed by atoms with van der Waals surface area (Å²) >= 11 is 6.00. The summed E-state index contributed by atoms with van der Waals surface area (Å²) in [6.07, 6.45) is 0.920. The zero-order chi connectivity index (χ0) is 14.5. The number of benzene rings is 2. The molecule has 0 radical (unpaired) electrons. The Morgan fingerprint density at radius 3 is 2.55 bits per heavy atom. The number of phenols is 1. The lowest BCUT2D eigenvalue weighted by Gasteiger charge is -2.20. The fraction of sp³-hybridized carbons (Fsp3) is 0.294. The van der Waals surface area contributed by atoms with Gasteiger partial charge in [0.05, 0.1) is 0 Å². The van der Waals surface area contributed by atoms with Crippen LogP contribution in [0.1, 0.15) is 31.0 Å². The van der Waals surface area contributed by atoms with E-state index in [-0.39, 0.29) is 6.04 Å². The van der Waals surface area contributed by atoms with Crippen LogP contribution in [0.25, 0.3) is 0 Å². The molecule has 0 amide bonds. The maximum absolute atomic E-state index is 9.52. The summed E-state index contributed by atoms with van der Waals surface area (Å²) in [6, 6.07) is 15.8. The minimum atomic E-state index is 0.191. The first-order chi connectivity index (χ1) is 9.54. The van der Waals surface area contributed by atoms with E-state index >= 15 is 0 Å². The molecule has 2 rings (SSSR count). The van der Waals surface area contributed by atoms with Gasteiger partial charge in [0.2, 0.25) is 0 Å². The van der Waals surface area contributed by atoms with Crippen molar-refractivity contribution in [3.05, 3.63) is 64.7 Å². The van der Waals surface area contributed by atoms with Crippen molar-refractivity contribution in [2.75, 3.05) is 0 Å². The first-order valence-corrected chi connectivity index (χ1v) is 7.22. The number of aromatic hydroxyl groups is 1. The van der Waals surface area contributed by atoms with E-state index < -0.39 is 0 Å². The molecule has 2 unspecified atom stereocenters. The second-order valence-electron chi connectivity index (χ2n) is 5.22. The number of phenolic OH excluding ortho intramolecular Hbond substituents is 1. The van der Waals surface area contributed by atoms with Crippen molar-refractivity contribution in [3.63, 3.8) is 0 Å². The van der Waals surface area contributed by atoms with Crippen LogP contribution in [0.15, 0.2) is 48.5 Å². The standard InChI is InChI=1S/C17H20ClNO/c1-12(9-14-5-3-7-16(18)10-14)19-13(2)15-6-4-8-17(20)11-15/h3-8,10-13,19-20H,9H2,1-2H3. The van der Waals surface area contributed by atoms with Gasteiger partial charge in [-0.2, -0.15) is 0 Å². The van der Waals surface area contributed by atoms with E-state index in [1.165, 1.54) is 5.56 Å². The van der Waals surface area contributed by atoms with Gasteiger partial charge in [-0.3, -0.25) is 0 Å². The quantitative estimate of drug-likeness (QED) is 0.859. The zero-order valence-corrected chi connectivity index (χ0v) is 12.6. The van der Waals surface area contributed by atoms with Crippen molar-refractivity contribution in [2.24, 2.45) is 0 Å². The summed E-state index contributed by atoms with van der Waals surface area (Å²) in [5.74, 6) is 0.304. The highest BCUT2D eigenvalue weighted by molar-refractivity contribution is 6.30. The molecule has 0 saturated carbocycles. The molecule has 0 aliphatic rings. The Labute approximate surface area is 125 Å². The Morgan fingerprint density at radius 2 is 1.85 bits per heavy atom. The van der Waals surface area contributed by atoms with E-state index in [1.54, 1.807) is 12.1 Å². The van der Waals surface area contributed by atoms with Crippen LogP contribution in [-0.4, -0.2) is 11.1 Å². The van der Waals surface area contributed by atoms with Crippen LogP contribution in [0.2, 0.25) is 5.02 Å². The van der Waals surface area contributed by atoms with Gasteiger partial charge in [-0.25, -0.2) is 0 Å². The monoisotopic (exact) mass is 289 g/mol. The van der Waals surface area contributed by atoms with E-state index in [0.717, 1.165) is 17.0 Å². The molecule has 2 N–H and O–H groups in total. The van der Waals surface area contributed by atoms with Crippen molar-refractivity contribution in [1.29, 1.82) is 0 Å². The Morgan fingerprint density at radius 1 is 1.10 bits per heavy atom. The van der Waals surface area contributed by atoms with Gasteiger partial charge in [0.1, 0.15) is 5.75 Å². The van der Waals surface area contributed by atoms with Crippen LogP contribution in [0.4, 0.5) is 0 Å². The molecule has 0 aromatic heterocycles. The van der Waals surface area contributed by atoms with E-state index in [1.807, 2.05) is 30.3 Å². The van der Waals surface area contributed by atoms with Gasteiger partial charge in [0, 0.05) is 17.1 Å². The summed E-state index contributed by atoms with van der Waals surface area (Å²) in [5.41, 5.74) is 2.31. The van der Waals surface area contributed by atoms with E-state index in [2.05, 4.69) is 25.2 Å². The Kier molecular flexibility index (Phi) is 5.05. The minimum Gasteiger partial charge on any atom is -0.508 e. The smallest absolute Gasteiger partial charge is 0.115 e. The number of halogens is 1. The molecule has 0 bridgehead atoms. The minimum absolute atomic E-state index is 0.191. The molecule has 0 fully saturated rings. The van der Waals surface area contributed by atoms with Crippen LogP contribution in [0, 0.1) is 0 Å². The third-order valence-electron chi connectivity index (χ3n) is 3.34. The lowest BCUT2D eigenvalue weighted by molar-refractivity contribution is 0.461.